The average Bonchev–Trinajstić information content (AvgIpc) is 2.63. The molecule has 0 aromatic carbocycles. The number of amides is 2. The second-order valence-electron chi connectivity index (χ2n) is 7.77. The molecule has 0 saturated carbocycles. The first-order valence-electron chi connectivity index (χ1n) is 9.56. The van der Waals surface area contributed by atoms with E-state index in [0.717, 1.165) is 25.0 Å². The fourth-order valence-corrected chi connectivity index (χ4v) is 3.76. The van der Waals surface area contributed by atoms with E-state index in [1.165, 1.54) is 0 Å². The highest BCUT2D eigenvalue weighted by Crippen LogP contribution is 2.23. The van der Waals surface area contributed by atoms with Gasteiger partial charge in [-0.25, -0.2) is 4.98 Å². The zero-order valence-electron chi connectivity index (χ0n) is 15.6. The van der Waals surface area contributed by atoms with Gasteiger partial charge in [0, 0.05) is 44.6 Å². The van der Waals surface area contributed by atoms with E-state index in [2.05, 4.69) is 10.3 Å². The van der Waals surface area contributed by atoms with E-state index in [1.54, 1.807) is 17.0 Å². The van der Waals surface area contributed by atoms with Gasteiger partial charge in [0.2, 0.25) is 11.8 Å². The SMILES string of the molecule is CC(C)c1cc(=O)n(CC2CCN(C(=O)C3CCNC(=O)C3)CC2)cn1. The molecule has 2 fully saturated rings. The lowest BCUT2D eigenvalue weighted by Crippen LogP contribution is -2.46. The molecule has 1 unspecified atom stereocenters. The van der Waals surface area contributed by atoms with Crippen LogP contribution in [0.3, 0.4) is 0 Å². The standard InChI is InChI=1S/C19H28N4O3/c1-13(2)16-10-18(25)23(12-21-16)11-14-4-7-22(8-5-14)19(26)15-3-6-20-17(24)9-15/h10,12-15H,3-9,11H2,1-2H3,(H,20,24). The van der Waals surface area contributed by atoms with Gasteiger partial charge in [-0.3, -0.25) is 19.0 Å². The molecule has 26 heavy (non-hydrogen) atoms. The van der Waals surface area contributed by atoms with Gasteiger partial charge >= 0.3 is 0 Å². The van der Waals surface area contributed by atoms with Gasteiger partial charge in [-0.2, -0.15) is 0 Å². The van der Waals surface area contributed by atoms with Crippen LogP contribution in [0.5, 0.6) is 0 Å². The Morgan fingerprint density at radius 2 is 2.00 bits per heavy atom. The van der Waals surface area contributed by atoms with Gasteiger partial charge in [-0.05, 0) is 31.1 Å². The van der Waals surface area contributed by atoms with Crippen LogP contribution in [-0.4, -0.2) is 45.9 Å². The summed E-state index contributed by atoms with van der Waals surface area (Å²) in [5.74, 6) is 0.530. The minimum absolute atomic E-state index is 0.00424. The molecule has 0 aliphatic carbocycles. The number of carbonyl (C=O) groups is 2. The van der Waals surface area contributed by atoms with E-state index >= 15 is 0 Å². The Bertz CT molecular complexity index is 720. The molecular weight excluding hydrogens is 332 g/mol. The zero-order chi connectivity index (χ0) is 18.7. The number of nitrogens with one attached hydrogen (secondary N) is 1. The lowest BCUT2D eigenvalue weighted by molar-refractivity contribution is -0.141. The third kappa shape index (κ3) is 4.31. The van der Waals surface area contributed by atoms with Crippen LogP contribution in [0.15, 0.2) is 17.2 Å². The molecule has 7 nitrogen and oxygen atoms in total. The van der Waals surface area contributed by atoms with Crippen molar-refractivity contribution in [2.75, 3.05) is 19.6 Å². The fraction of sp³-hybridized carbons (Fsp3) is 0.684. The van der Waals surface area contributed by atoms with Crippen LogP contribution >= 0.6 is 0 Å². The van der Waals surface area contributed by atoms with E-state index in [9.17, 15) is 14.4 Å². The Morgan fingerprint density at radius 1 is 1.27 bits per heavy atom. The van der Waals surface area contributed by atoms with Crippen LogP contribution in [-0.2, 0) is 16.1 Å². The topological polar surface area (TPSA) is 84.3 Å². The van der Waals surface area contributed by atoms with E-state index in [-0.39, 0.29) is 29.2 Å². The molecule has 7 heteroatoms. The van der Waals surface area contributed by atoms with Gasteiger partial charge in [0.1, 0.15) is 0 Å². The number of nitrogens with zero attached hydrogens (tertiary/aromatic N) is 3. The van der Waals surface area contributed by atoms with Crippen molar-refractivity contribution in [2.24, 2.45) is 11.8 Å². The first-order chi connectivity index (χ1) is 12.4. The van der Waals surface area contributed by atoms with Crippen molar-refractivity contribution in [3.05, 3.63) is 28.4 Å². The zero-order valence-corrected chi connectivity index (χ0v) is 15.6. The van der Waals surface area contributed by atoms with Crippen LogP contribution in [0, 0.1) is 11.8 Å². The smallest absolute Gasteiger partial charge is 0.253 e. The number of hydrogen-bond donors (Lipinski definition) is 1. The van der Waals surface area contributed by atoms with E-state index in [0.29, 0.717) is 38.5 Å². The Kier molecular flexibility index (Phi) is 5.74. The number of hydrogen-bond acceptors (Lipinski definition) is 4. The minimum atomic E-state index is -0.171. The van der Waals surface area contributed by atoms with Crippen LogP contribution in [0.25, 0.3) is 0 Å². The van der Waals surface area contributed by atoms with Crippen molar-refractivity contribution < 1.29 is 9.59 Å². The third-order valence-electron chi connectivity index (χ3n) is 5.47. The number of rotatable bonds is 4. The Balaban J connectivity index is 1.53. The highest BCUT2D eigenvalue weighted by atomic mass is 16.2. The van der Waals surface area contributed by atoms with Crippen molar-refractivity contribution in [1.82, 2.24) is 19.8 Å². The molecule has 0 bridgehead atoms. The van der Waals surface area contributed by atoms with Gasteiger partial charge in [0.25, 0.3) is 5.56 Å². The molecule has 2 amide bonds. The van der Waals surface area contributed by atoms with Crippen molar-refractivity contribution in [3.63, 3.8) is 0 Å². The number of piperidine rings is 2. The Morgan fingerprint density at radius 3 is 2.62 bits per heavy atom. The maximum absolute atomic E-state index is 12.6. The van der Waals surface area contributed by atoms with Crippen LogP contribution < -0.4 is 10.9 Å². The number of aromatic nitrogens is 2. The highest BCUT2D eigenvalue weighted by molar-refractivity contribution is 5.86. The molecule has 3 rings (SSSR count). The summed E-state index contributed by atoms with van der Waals surface area (Å²) in [5.41, 5.74) is 0.818. The Hall–Kier alpha value is -2.18. The molecule has 142 valence electrons. The maximum Gasteiger partial charge on any atom is 0.253 e. The van der Waals surface area contributed by atoms with Gasteiger partial charge in [0.15, 0.2) is 0 Å². The van der Waals surface area contributed by atoms with E-state index < -0.39 is 0 Å². The molecule has 0 radical (unpaired) electrons. The molecule has 1 atom stereocenters. The number of likely N-dealkylation sites (tertiary alicyclic amines) is 1. The summed E-state index contributed by atoms with van der Waals surface area (Å²) in [4.78, 5) is 42.6. The minimum Gasteiger partial charge on any atom is -0.356 e. The van der Waals surface area contributed by atoms with E-state index in [1.807, 2.05) is 18.7 Å². The summed E-state index contributed by atoms with van der Waals surface area (Å²) < 4.78 is 1.68. The largest absolute Gasteiger partial charge is 0.356 e. The lowest BCUT2D eigenvalue weighted by Gasteiger charge is -2.35. The predicted molar refractivity (Wildman–Crippen MR) is 97.6 cm³/mol. The van der Waals surface area contributed by atoms with Crippen LogP contribution in [0.2, 0.25) is 0 Å². The maximum atomic E-state index is 12.6. The van der Waals surface area contributed by atoms with Crippen molar-refractivity contribution in [3.8, 4) is 0 Å². The quantitative estimate of drug-likeness (QED) is 0.872. The summed E-state index contributed by atoms with van der Waals surface area (Å²) in [6.07, 6.45) is 4.44. The molecule has 1 aromatic heterocycles. The van der Waals surface area contributed by atoms with Crippen molar-refractivity contribution >= 4 is 11.8 Å². The van der Waals surface area contributed by atoms with Crippen molar-refractivity contribution in [1.29, 1.82) is 0 Å². The first kappa shape index (κ1) is 18.6. The van der Waals surface area contributed by atoms with Gasteiger partial charge in [-0.15, -0.1) is 0 Å². The summed E-state index contributed by atoms with van der Waals surface area (Å²) in [6.45, 7) is 6.69. The van der Waals surface area contributed by atoms with Gasteiger partial charge < -0.3 is 10.2 Å². The molecule has 0 spiro atoms. The van der Waals surface area contributed by atoms with Gasteiger partial charge in [0.05, 0.1) is 12.0 Å². The molecule has 2 saturated heterocycles. The van der Waals surface area contributed by atoms with E-state index in [4.69, 9.17) is 0 Å². The molecule has 3 heterocycles. The molecule has 1 N–H and O–H groups in total. The van der Waals surface area contributed by atoms with Crippen LogP contribution in [0.1, 0.15) is 51.1 Å². The average molecular weight is 360 g/mol. The monoisotopic (exact) mass is 360 g/mol. The summed E-state index contributed by atoms with van der Waals surface area (Å²) in [6, 6.07) is 1.62. The molecule has 1 aromatic rings. The summed E-state index contributed by atoms with van der Waals surface area (Å²) in [5, 5.41) is 2.77. The second-order valence-corrected chi connectivity index (χ2v) is 7.77. The normalized spacial score (nSPS) is 21.7. The first-order valence-corrected chi connectivity index (χ1v) is 9.56. The summed E-state index contributed by atoms with van der Waals surface area (Å²) >= 11 is 0. The lowest BCUT2D eigenvalue weighted by atomic mass is 9.92. The number of carbonyl (C=O) groups excluding carboxylic acids is 2. The second kappa shape index (κ2) is 8.01. The van der Waals surface area contributed by atoms with Gasteiger partial charge in [-0.1, -0.05) is 13.8 Å². The molecule has 2 aliphatic heterocycles. The summed E-state index contributed by atoms with van der Waals surface area (Å²) in [7, 11) is 0. The highest BCUT2D eigenvalue weighted by Gasteiger charge is 2.31. The molecular formula is C19H28N4O3. The molecule has 2 aliphatic rings. The predicted octanol–water partition coefficient (Wildman–Crippen LogP) is 1.13. The van der Waals surface area contributed by atoms with Crippen LogP contribution in [0.4, 0.5) is 0 Å². The van der Waals surface area contributed by atoms with Crippen molar-refractivity contribution in [2.45, 2.75) is 52.0 Å². The fourth-order valence-electron chi connectivity index (χ4n) is 3.76. The third-order valence-corrected chi connectivity index (χ3v) is 5.47. The Labute approximate surface area is 153 Å².